The average molecular weight is 1160 g/mol. The molecule has 0 bridgehead atoms. The van der Waals surface area contributed by atoms with Crippen LogP contribution in [0.1, 0.15) is 406 Å². The highest BCUT2D eigenvalue weighted by atomic mass is 16.6. The molecular weight excluding hydrogens is 1020 g/mol. The molecule has 0 spiro atoms. The molecule has 0 saturated carbocycles. The normalized spacial score (nSPS) is 12.3. The molecule has 83 heavy (non-hydrogen) atoms. The minimum absolute atomic E-state index is 0.0719. The highest BCUT2D eigenvalue weighted by Gasteiger charge is 2.19. The summed E-state index contributed by atoms with van der Waals surface area (Å²) < 4.78 is 17.0. The Morgan fingerprint density at radius 2 is 0.434 bits per heavy atom. The van der Waals surface area contributed by atoms with Crippen LogP contribution in [-0.2, 0) is 28.6 Å². The maximum Gasteiger partial charge on any atom is 0.306 e. The van der Waals surface area contributed by atoms with E-state index in [0.717, 1.165) is 64.2 Å². The van der Waals surface area contributed by atoms with E-state index in [9.17, 15) is 14.4 Å². The molecule has 0 rings (SSSR count). The topological polar surface area (TPSA) is 78.9 Å². The molecule has 1 atom stereocenters. The zero-order valence-corrected chi connectivity index (χ0v) is 56.0. The van der Waals surface area contributed by atoms with Crippen LogP contribution < -0.4 is 0 Å². The third-order valence-electron chi connectivity index (χ3n) is 16.8. The predicted molar refractivity (Wildman–Crippen MR) is 362 cm³/mol. The van der Waals surface area contributed by atoms with Gasteiger partial charge in [-0.2, -0.15) is 0 Å². The van der Waals surface area contributed by atoms with Crippen molar-refractivity contribution in [3.8, 4) is 0 Å². The Kier molecular flexibility index (Phi) is 69.6. The first-order valence-electron chi connectivity index (χ1n) is 37.1. The van der Waals surface area contributed by atoms with E-state index in [1.165, 1.54) is 302 Å². The van der Waals surface area contributed by atoms with E-state index in [0.29, 0.717) is 19.3 Å². The summed E-state index contributed by atoms with van der Waals surface area (Å²) >= 11 is 0. The molecule has 0 aromatic heterocycles. The third-order valence-corrected chi connectivity index (χ3v) is 16.8. The zero-order chi connectivity index (χ0) is 59.9. The molecule has 0 amide bonds. The first-order chi connectivity index (χ1) is 41.0. The van der Waals surface area contributed by atoms with Crippen LogP contribution in [0.3, 0.4) is 0 Å². The van der Waals surface area contributed by atoms with Crippen molar-refractivity contribution in [1.82, 2.24) is 0 Å². The second kappa shape index (κ2) is 71.8. The molecule has 0 N–H and O–H groups in total. The standard InChI is InChI=1S/C77H142O6/c1-4-7-10-13-16-19-22-25-28-31-34-36-37-38-39-41-43-46-49-52-55-58-61-64-67-70-76(79)82-73-74(72-81-75(78)69-66-63-60-57-54-51-48-45-42-33-30-27-24-21-18-15-12-9-6-3)83-77(80)71-68-65-62-59-56-53-50-47-44-40-35-32-29-26-23-20-17-14-11-8-5-2/h23,26-27,30-32,34-35,74H,4-22,24-25,28-29,33,36-73H2,1-3H3/b26-23-,30-27-,34-31-,35-32-. The van der Waals surface area contributed by atoms with Gasteiger partial charge in [-0.05, 0) is 103 Å². The van der Waals surface area contributed by atoms with E-state index in [1.54, 1.807) is 0 Å². The molecule has 0 aromatic carbocycles. The fraction of sp³-hybridized carbons (Fsp3) is 0.857. The van der Waals surface area contributed by atoms with Gasteiger partial charge in [0.25, 0.3) is 0 Å². The number of ether oxygens (including phenoxy) is 3. The van der Waals surface area contributed by atoms with Gasteiger partial charge < -0.3 is 14.2 Å². The summed E-state index contributed by atoms with van der Waals surface area (Å²) in [6.45, 7) is 6.70. The number of unbranched alkanes of at least 4 members (excludes halogenated alkanes) is 50. The molecule has 0 fully saturated rings. The molecule has 0 aliphatic carbocycles. The van der Waals surface area contributed by atoms with Crippen LogP contribution in [-0.4, -0.2) is 37.2 Å². The Hall–Kier alpha value is -2.63. The van der Waals surface area contributed by atoms with Crippen LogP contribution in [0.15, 0.2) is 48.6 Å². The van der Waals surface area contributed by atoms with E-state index in [4.69, 9.17) is 14.2 Å². The van der Waals surface area contributed by atoms with Gasteiger partial charge >= 0.3 is 17.9 Å². The fourth-order valence-corrected chi connectivity index (χ4v) is 11.2. The summed E-state index contributed by atoms with van der Waals surface area (Å²) in [5.74, 6) is -0.850. The fourth-order valence-electron chi connectivity index (χ4n) is 11.2. The van der Waals surface area contributed by atoms with Crippen LogP contribution in [0, 0.1) is 0 Å². The third kappa shape index (κ3) is 70.0. The molecule has 486 valence electrons. The zero-order valence-electron chi connectivity index (χ0n) is 56.0. The molecule has 0 radical (unpaired) electrons. The number of carbonyl (C=O) groups excluding carboxylic acids is 3. The van der Waals surface area contributed by atoms with Crippen molar-refractivity contribution >= 4 is 17.9 Å². The number of hydrogen-bond acceptors (Lipinski definition) is 6. The summed E-state index contributed by atoms with van der Waals surface area (Å²) in [5, 5.41) is 0. The summed E-state index contributed by atoms with van der Waals surface area (Å²) in [4.78, 5) is 38.5. The van der Waals surface area contributed by atoms with Gasteiger partial charge in [-0.25, -0.2) is 0 Å². The van der Waals surface area contributed by atoms with Crippen LogP contribution >= 0.6 is 0 Å². The lowest BCUT2D eigenvalue weighted by Gasteiger charge is -2.18. The highest BCUT2D eigenvalue weighted by molar-refractivity contribution is 5.71. The molecule has 0 heterocycles. The predicted octanol–water partition coefficient (Wildman–Crippen LogP) is 25.7. The second-order valence-corrected chi connectivity index (χ2v) is 25.2. The van der Waals surface area contributed by atoms with Crippen molar-refractivity contribution in [3.63, 3.8) is 0 Å². The molecule has 0 saturated heterocycles. The van der Waals surface area contributed by atoms with Crippen molar-refractivity contribution < 1.29 is 28.6 Å². The van der Waals surface area contributed by atoms with Crippen molar-refractivity contribution in [1.29, 1.82) is 0 Å². The summed E-state index contributed by atoms with van der Waals surface area (Å²) in [5.41, 5.74) is 0. The van der Waals surface area contributed by atoms with Crippen LogP contribution in [0.25, 0.3) is 0 Å². The minimum atomic E-state index is -0.778. The maximum absolute atomic E-state index is 13.0. The molecule has 0 aliphatic rings. The van der Waals surface area contributed by atoms with Crippen LogP contribution in [0.2, 0.25) is 0 Å². The summed E-state index contributed by atoms with van der Waals surface area (Å²) in [6.07, 6.45) is 91.4. The highest BCUT2D eigenvalue weighted by Crippen LogP contribution is 2.18. The van der Waals surface area contributed by atoms with Crippen molar-refractivity contribution in [3.05, 3.63) is 48.6 Å². The molecule has 0 aromatic rings. The monoisotopic (exact) mass is 1160 g/mol. The van der Waals surface area contributed by atoms with Gasteiger partial charge in [0, 0.05) is 19.3 Å². The minimum Gasteiger partial charge on any atom is -0.462 e. The van der Waals surface area contributed by atoms with E-state index in [2.05, 4.69) is 69.4 Å². The molecular formula is C77H142O6. The van der Waals surface area contributed by atoms with Gasteiger partial charge in [0.2, 0.25) is 0 Å². The largest absolute Gasteiger partial charge is 0.462 e. The van der Waals surface area contributed by atoms with Gasteiger partial charge in [-0.3, -0.25) is 14.4 Å². The maximum atomic E-state index is 13.0. The summed E-state index contributed by atoms with van der Waals surface area (Å²) in [6, 6.07) is 0. The number of carbonyl (C=O) groups is 3. The Labute approximate surface area is 518 Å². The Bertz CT molecular complexity index is 1430. The van der Waals surface area contributed by atoms with Crippen molar-refractivity contribution in [2.24, 2.45) is 0 Å². The first-order valence-corrected chi connectivity index (χ1v) is 37.1. The van der Waals surface area contributed by atoms with E-state index in [1.807, 2.05) is 0 Å². The van der Waals surface area contributed by atoms with Gasteiger partial charge in [0.05, 0.1) is 0 Å². The Morgan fingerprint density at radius 1 is 0.241 bits per heavy atom. The van der Waals surface area contributed by atoms with Crippen molar-refractivity contribution in [2.75, 3.05) is 13.2 Å². The smallest absolute Gasteiger partial charge is 0.306 e. The quantitative estimate of drug-likeness (QED) is 0.0261. The van der Waals surface area contributed by atoms with Crippen molar-refractivity contribution in [2.45, 2.75) is 412 Å². The van der Waals surface area contributed by atoms with E-state index < -0.39 is 6.10 Å². The number of allylic oxidation sites excluding steroid dienone is 8. The lowest BCUT2D eigenvalue weighted by molar-refractivity contribution is -0.167. The SMILES string of the molecule is CCCCCCC/C=C\C/C=C\CCCCCCCCCCCC(=O)OC(COC(=O)CCCCCCCCCCC/C=C\CCCCCCCC)COC(=O)CCCCCCCCCCCCCCC/C=C\CCCCCCCCCC. The van der Waals surface area contributed by atoms with Gasteiger partial charge in [0.15, 0.2) is 6.10 Å². The lowest BCUT2D eigenvalue weighted by Crippen LogP contribution is -2.30. The number of esters is 3. The van der Waals surface area contributed by atoms with E-state index in [-0.39, 0.29) is 31.1 Å². The Morgan fingerprint density at radius 3 is 0.675 bits per heavy atom. The van der Waals surface area contributed by atoms with Gasteiger partial charge in [0.1, 0.15) is 13.2 Å². The molecule has 6 nitrogen and oxygen atoms in total. The average Bonchev–Trinajstić information content (AvgIpc) is 3.50. The van der Waals surface area contributed by atoms with Gasteiger partial charge in [-0.15, -0.1) is 0 Å². The Balaban J connectivity index is 4.32. The van der Waals surface area contributed by atoms with Crippen LogP contribution in [0.4, 0.5) is 0 Å². The van der Waals surface area contributed by atoms with Crippen LogP contribution in [0.5, 0.6) is 0 Å². The summed E-state index contributed by atoms with van der Waals surface area (Å²) in [7, 11) is 0. The lowest BCUT2D eigenvalue weighted by atomic mass is 10.0. The number of rotatable bonds is 69. The molecule has 0 aliphatic heterocycles. The molecule has 6 heteroatoms. The first kappa shape index (κ1) is 80.4. The van der Waals surface area contributed by atoms with E-state index >= 15 is 0 Å². The van der Waals surface area contributed by atoms with Gasteiger partial charge in [-0.1, -0.05) is 333 Å². The number of hydrogen-bond donors (Lipinski definition) is 0. The molecule has 1 unspecified atom stereocenters. The second-order valence-electron chi connectivity index (χ2n) is 25.2.